The zero-order valence-corrected chi connectivity index (χ0v) is 20.1. The summed E-state index contributed by atoms with van der Waals surface area (Å²) >= 11 is 0.603. The van der Waals surface area contributed by atoms with Gasteiger partial charge in [0, 0.05) is 0 Å². The molecule has 1 aliphatic rings. The van der Waals surface area contributed by atoms with E-state index in [4.69, 9.17) is 9.47 Å². The van der Waals surface area contributed by atoms with Crippen molar-refractivity contribution in [3.63, 3.8) is 0 Å². The van der Waals surface area contributed by atoms with E-state index in [0.29, 0.717) is 30.4 Å². The first-order valence-corrected chi connectivity index (χ1v) is 11.9. The Balaban J connectivity index is 2.46. The van der Waals surface area contributed by atoms with Crippen molar-refractivity contribution in [2.45, 2.75) is 73.8 Å². The average molecular weight is 403 g/mol. The first kappa shape index (κ1) is 19.8. The van der Waals surface area contributed by atoms with E-state index in [1.807, 2.05) is 0 Å². The van der Waals surface area contributed by atoms with Crippen LogP contribution in [0.4, 0.5) is 0 Å². The van der Waals surface area contributed by atoms with Crippen molar-refractivity contribution in [2.75, 3.05) is 27.5 Å². The van der Waals surface area contributed by atoms with Crippen LogP contribution in [-0.2, 0) is 9.47 Å². The molecule has 1 rings (SSSR count). The maximum absolute atomic E-state index is 9.53. The molecule has 0 aliphatic carbocycles. The molecule has 0 aromatic carbocycles. The molecular formula is C16H34InNO3. The number of rotatable bonds is 10. The molecule has 0 spiro atoms. The molecule has 4 nitrogen and oxygen atoms in total. The van der Waals surface area contributed by atoms with Crippen LogP contribution in [0, 0.1) is 0 Å². The SMILES string of the molecule is CCCC(OC)C(CC[CH]([InH2])C1CCCCN1CO)OC. The molecule has 4 atom stereocenters. The van der Waals surface area contributed by atoms with Crippen LogP contribution < -0.4 is 0 Å². The number of aliphatic hydroxyl groups is 1. The van der Waals surface area contributed by atoms with Crippen molar-refractivity contribution >= 4 is 24.4 Å². The molecule has 5 heteroatoms. The minimum atomic E-state index is 0.217. The molecule has 0 aromatic heterocycles. The second-order valence-electron chi connectivity index (χ2n) is 6.41. The fourth-order valence-corrected chi connectivity index (χ4v) is 6.76. The van der Waals surface area contributed by atoms with Gasteiger partial charge in [-0.2, -0.15) is 0 Å². The van der Waals surface area contributed by atoms with Crippen LogP contribution in [0.2, 0.25) is 3.67 Å². The number of piperidine rings is 1. The molecule has 0 aromatic rings. The zero-order valence-electron chi connectivity index (χ0n) is 14.4. The number of methoxy groups -OCH3 is 2. The fourth-order valence-electron chi connectivity index (χ4n) is 3.65. The Morgan fingerprint density at radius 1 is 1.14 bits per heavy atom. The predicted octanol–water partition coefficient (Wildman–Crippen LogP) is 1.82. The normalized spacial score (nSPS) is 24.7. The summed E-state index contributed by atoms with van der Waals surface area (Å²) in [5.74, 6) is 0. The van der Waals surface area contributed by atoms with Gasteiger partial charge in [0.25, 0.3) is 0 Å². The van der Waals surface area contributed by atoms with Gasteiger partial charge in [-0.25, -0.2) is 0 Å². The molecule has 1 fully saturated rings. The number of nitrogens with zero attached hydrogens (tertiary/aromatic N) is 1. The third-order valence-electron chi connectivity index (χ3n) is 5.00. The molecule has 0 bridgehead atoms. The Kier molecular flexibility index (Phi) is 10.6. The summed E-state index contributed by atoms with van der Waals surface area (Å²) in [6.45, 7) is 3.49. The van der Waals surface area contributed by atoms with Gasteiger partial charge in [-0.05, 0) is 0 Å². The average Bonchev–Trinajstić information content (AvgIpc) is 2.53. The molecule has 21 heavy (non-hydrogen) atoms. The van der Waals surface area contributed by atoms with E-state index >= 15 is 0 Å². The number of likely N-dealkylation sites (tertiary alicyclic amines) is 1. The number of hydrogen-bond donors (Lipinski definition) is 1. The van der Waals surface area contributed by atoms with E-state index < -0.39 is 0 Å². The third-order valence-corrected chi connectivity index (χ3v) is 8.85. The van der Waals surface area contributed by atoms with E-state index in [1.54, 1.807) is 14.2 Å². The maximum atomic E-state index is 9.53. The second-order valence-corrected chi connectivity index (χ2v) is 10.6. The minimum absolute atomic E-state index is 0.217. The van der Waals surface area contributed by atoms with Crippen molar-refractivity contribution in [1.82, 2.24) is 4.90 Å². The van der Waals surface area contributed by atoms with E-state index in [0.717, 1.165) is 29.5 Å². The van der Waals surface area contributed by atoms with Gasteiger partial charge < -0.3 is 0 Å². The molecule has 1 aliphatic heterocycles. The monoisotopic (exact) mass is 403 g/mol. The van der Waals surface area contributed by atoms with Gasteiger partial charge in [0.2, 0.25) is 0 Å². The quantitative estimate of drug-likeness (QED) is 0.605. The topological polar surface area (TPSA) is 41.9 Å². The number of ether oxygens (including phenoxy) is 2. The second kappa shape index (κ2) is 11.3. The molecular weight excluding hydrogens is 369 g/mol. The molecule has 1 saturated heterocycles. The summed E-state index contributed by atoms with van der Waals surface area (Å²) in [4.78, 5) is 2.28. The standard InChI is InChI=1S/C16H32NO3.In.2H/c1-4-8-15(19-2)16(20-3)11-7-10-14-9-5-6-12-17(14)13-18;;;/h10,14-16,18H,4-9,11-13H2,1-3H3;;;. The van der Waals surface area contributed by atoms with E-state index in [-0.39, 0.29) is 18.9 Å². The summed E-state index contributed by atoms with van der Waals surface area (Å²) in [5.41, 5.74) is 0. The van der Waals surface area contributed by atoms with Gasteiger partial charge in [-0.3, -0.25) is 0 Å². The molecule has 0 radical (unpaired) electrons. The van der Waals surface area contributed by atoms with Crippen molar-refractivity contribution in [2.24, 2.45) is 0 Å². The van der Waals surface area contributed by atoms with Gasteiger partial charge in [-0.1, -0.05) is 0 Å². The predicted molar refractivity (Wildman–Crippen MR) is 89.5 cm³/mol. The van der Waals surface area contributed by atoms with Crippen molar-refractivity contribution in [1.29, 1.82) is 0 Å². The summed E-state index contributed by atoms with van der Waals surface area (Å²) in [7, 11) is 3.60. The summed E-state index contributed by atoms with van der Waals surface area (Å²) in [6.07, 6.45) is 8.77. The van der Waals surface area contributed by atoms with Crippen LogP contribution in [0.15, 0.2) is 0 Å². The third kappa shape index (κ3) is 6.38. The Labute approximate surface area is 145 Å². The first-order valence-electron chi connectivity index (χ1n) is 8.58. The molecule has 1 heterocycles. The van der Waals surface area contributed by atoms with Crippen LogP contribution >= 0.6 is 0 Å². The van der Waals surface area contributed by atoms with E-state index in [1.165, 1.54) is 25.7 Å². The number of aliphatic hydroxyl groups excluding tert-OH is 1. The summed E-state index contributed by atoms with van der Waals surface area (Å²) in [5, 5.41) is 9.53. The van der Waals surface area contributed by atoms with Crippen LogP contribution in [0.3, 0.4) is 0 Å². The first-order chi connectivity index (χ1) is 10.2. The van der Waals surface area contributed by atoms with Gasteiger partial charge in [0.1, 0.15) is 0 Å². The van der Waals surface area contributed by atoms with Gasteiger partial charge in [-0.15, -0.1) is 0 Å². The van der Waals surface area contributed by atoms with E-state index in [9.17, 15) is 5.11 Å². The van der Waals surface area contributed by atoms with E-state index in [2.05, 4.69) is 11.8 Å². The molecule has 0 saturated carbocycles. The van der Waals surface area contributed by atoms with Gasteiger partial charge in [0.05, 0.1) is 0 Å². The number of hydrogen-bond acceptors (Lipinski definition) is 4. The Morgan fingerprint density at radius 2 is 1.81 bits per heavy atom. The van der Waals surface area contributed by atoms with Crippen molar-refractivity contribution in [3.8, 4) is 0 Å². The van der Waals surface area contributed by atoms with Gasteiger partial charge in [0.15, 0.2) is 0 Å². The molecule has 124 valence electrons. The van der Waals surface area contributed by atoms with Gasteiger partial charge >= 0.3 is 145 Å². The van der Waals surface area contributed by atoms with Crippen LogP contribution in [0.25, 0.3) is 0 Å². The Hall–Kier alpha value is 0.710. The molecule has 4 unspecified atom stereocenters. The Bertz CT molecular complexity index is 268. The van der Waals surface area contributed by atoms with Crippen LogP contribution in [0.5, 0.6) is 0 Å². The van der Waals surface area contributed by atoms with Crippen molar-refractivity contribution in [3.05, 3.63) is 0 Å². The summed E-state index contributed by atoms with van der Waals surface area (Å²) in [6, 6.07) is 0.615. The summed E-state index contributed by atoms with van der Waals surface area (Å²) < 4.78 is 12.1. The molecule has 0 amide bonds. The van der Waals surface area contributed by atoms with Crippen LogP contribution in [-0.4, -0.2) is 80.1 Å². The van der Waals surface area contributed by atoms with Crippen LogP contribution in [0.1, 0.15) is 51.9 Å². The molecule has 1 N–H and O–H groups in total. The Morgan fingerprint density at radius 3 is 2.38 bits per heavy atom. The zero-order chi connectivity index (χ0) is 15.7. The fraction of sp³-hybridized carbons (Fsp3) is 1.00. The van der Waals surface area contributed by atoms with Crippen molar-refractivity contribution < 1.29 is 14.6 Å².